The predicted molar refractivity (Wildman–Crippen MR) is 98.1 cm³/mol. The lowest BCUT2D eigenvalue weighted by atomic mass is 10.1. The Morgan fingerprint density at radius 2 is 1.73 bits per heavy atom. The zero-order valence-electron chi connectivity index (χ0n) is 13.3. The fourth-order valence-electron chi connectivity index (χ4n) is 2.52. The third-order valence-electron chi connectivity index (χ3n) is 3.79. The highest BCUT2D eigenvalue weighted by molar-refractivity contribution is 6.32. The lowest BCUT2D eigenvalue weighted by molar-refractivity contribution is -0.137. The third kappa shape index (κ3) is 4.06. The summed E-state index contributed by atoms with van der Waals surface area (Å²) in [7, 11) is 0. The lowest BCUT2D eigenvalue weighted by Gasteiger charge is -2.08. The van der Waals surface area contributed by atoms with Gasteiger partial charge in [0.1, 0.15) is 0 Å². The number of anilines is 1. The summed E-state index contributed by atoms with van der Waals surface area (Å²) < 4.78 is 38.4. The first-order chi connectivity index (χ1) is 12.3. The third-order valence-corrected chi connectivity index (χ3v) is 4.13. The van der Waals surface area contributed by atoms with Gasteiger partial charge in [-0.3, -0.25) is 4.79 Å². The van der Waals surface area contributed by atoms with Crippen LogP contribution in [0.5, 0.6) is 0 Å². The Hall–Kier alpha value is -2.79. The van der Waals surface area contributed by atoms with Crippen LogP contribution in [0.1, 0.15) is 11.1 Å². The second kappa shape index (κ2) is 7.22. The highest BCUT2D eigenvalue weighted by Gasteiger charge is 2.30. The Morgan fingerprint density at radius 3 is 2.50 bits per heavy atom. The number of carbonyl (C=O) groups is 1. The summed E-state index contributed by atoms with van der Waals surface area (Å²) >= 11 is 5.92. The molecule has 0 aliphatic rings. The predicted octanol–water partition coefficient (Wildman–Crippen LogP) is 6.16. The number of alkyl halides is 3. The van der Waals surface area contributed by atoms with Crippen molar-refractivity contribution in [2.24, 2.45) is 0 Å². The molecule has 0 bridgehead atoms. The highest BCUT2D eigenvalue weighted by Crippen LogP contribution is 2.32. The SMILES string of the molecule is O=C(/C=C/c1cc(C(F)(F)F)ccc1Cl)Nc1cccc2ccccc12. The fraction of sp³-hybridized carbons (Fsp3) is 0.0500. The van der Waals surface area contributed by atoms with Gasteiger partial charge in [0.15, 0.2) is 0 Å². The molecule has 0 spiro atoms. The Balaban J connectivity index is 1.82. The first-order valence-corrected chi connectivity index (χ1v) is 8.06. The van der Waals surface area contributed by atoms with Gasteiger partial charge in [0.25, 0.3) is 0 Å². The number of halogens is 4. The van der Waals surface area contributed by atoms with Crippen molar-refractivity contribution < 1.29 is 18.0 Å². The molecule has 0 aliphatic heterocycles. The molecule has 3 aromatic rings. The van der Waals surface area contributed by atoms with Crippen LogP contribution in [0.25, 0.3) is 16.8 Å². The van der Waals surface area contributed by atoms with Crippen molar-refractivity contribution in [1.82, 2.24) is 0 Å². The van der Waals surface area contributed by atoms with Crippen LogP contribution < -0.4 is 5.32 Å². The number of hydrogen-bond acceptors (Lipinski definition) is 1. The molecule has 0 radical (unpaired) electrons. The van der Waals surface area contributed by atoms with E-state index in [0.717, 1.165) is 35.0 Å². The van der Waals surface area contributed by atoms with E-state index in [1.165, 1.54) is 6.08 Å². The van der Waals surface area contributed by atoms with Gasteiger partial charge in [-0.05, 0) is 41.3 Å². The molecule has 132 valence electrons. The second-order valence-electron chi connectivity index (χ2n) is 5.58. The molecule has 26 heavy (non-hydrogen) atoms. The van der Waals surface area contributed by atoms with E-state index in [1.807, 2.05) is 36.4 Å². The van der Waals surface area contributed by atoms with E-state index in [9.17, 15) is 18.0 Å². The summed E-state index contributed by atoms with van der Waals surface area (Å²) in [5, 5.41) is 4.70. The molecule has 2 nitrogen and oxygen atoms in total. The molecule has 0 saturated carbocycles. The summed E-state index contributed by atoms with van der Waals surface area (Å²) in [6.07, 6.45) is -2.06. The van der Waals surface area contributed by atoms with E-state index < -0.39 is 17.6 Å². The van der Waals surface area contributed by atoms with Crippen molar-refractivity contribution in [3.8, 4) is 0 Å². The van der Waals surface area contributed by atoms with Crippen LogP contribution in [0.4, 0.5) is 18.9 Å². The molecule has 0 aliphatic carbocycles. The Bertz CT molecular complexity index is 991. The standard InChI is InChI=1S/C20H13ClF3NO/c21-17-10-9-15(20(22,23)24)12-14(17)8-11-19(26)25-18-7-3-5-13-4-1-2-6-16(13)18/h1-12H,(H,25,26)/b11-8+. The van der Waals surface area contributed by atoms with Gasteiger partial charge in [0, 0.05) is 22.2 Å². The number of benzene rings is 3. The Kier molecular flexibility index (Phi) is 5.00. The molecule has 1 amide bonds. The van der Waals surface area contributed by atoms with Crippen molar-refractivity contribution in [1.29, 1.82) is 0 Å². The van der Waals surface area contributed by atoms with E-state index in [1.54, 1.807) is 6.07 Å². The van der Waals surface area contributed by atoms with Crippen molar-refractivity contribution in [2.75, 3.05) is 5.32 Å². The zero-order valence-corrected chi connectivity index (χ0v) is 14.1. The summed E-state index contributed by atoms with van der Waals surface area (Å²) in [4.78, 5) is 12.2. The van der Waals surface area contributed by atoms with E-state index >= 15 is 0 Å². The van der Waals surface area contributed by atoms with E-state index in [2.05, 4.69) is 5.32 Å². The van der Waals surface area contributed by atoms with E-state index in [4.69, 9.17) is 11.6 Å². The number of hydrogen-bond donors (Lipinski definition) is 1. The molecule has 6 heteroatoms. The first kappa shape index (κ1) is 18.0. The van der Waals surface area contributed by atoms with Gasteiger partial charge in [-0.15, -0.1) is 0 Å². The van der Waals surface area contributed by atoms with Crippen LogP contribution in [0, 0.1) is 0 Å². The average Bonchev–Trinajstić information content (AvgIpc) is 2.60. The Labute approximate surface area is 152 Å². The minimum Gasteiger partial charge on any atom is -0.322 e. The molecular formula is C20H13ClF3NO. The van der Waals surface area contributed by atoms with Crippen LogP contribution in [0.15, 0.2) is 66.7 Å². The highest BCUT2D eigenvalue weighted by atomic mass is 35.5. The number of nitrogens with one attached hydrogen (secondary N) is 1. The van der Waals surface area contributed by atoms with Gasteiger partial charge in [-0.1, -0.05) is 48.0 Å². The van der Waals surface area contributed by atoms with Crippen LogP contribution in [0.3, 0.4) is 0 Å². The van der Waals surface area contributed by atoms with Gasteiger partial charge in [-0.25, -0.2) is 0 Å². The van der Waals surface area contributed by atoms with Gasteiger partial charge in [0.05, 0.1) is 5.56 Å². The molecular weight excluding hydrogens is 363 g/mol. The smallest absolute Gasteiger partial charge is 0.322 e. The Morgan fingerprint density at radius 1 is 1.00 bits per heavy atom. The monoisotopic (exact) mass is 375 g/mol. The van der Waals surface area contributed by atoms with Crippen molar-refractivity contribution in [3.63, 3.8) is 0 Å². The normalized spacial score (nSPS) is 11.8. The largest absolute Gasteiger partial charge is 0.416 e. The van der Waals surface area contributed by atoms with Crippen LogP contribution >= 0.6 is 11.6 Å². The molecule has 1 N–H and O–H groups in total. The van der Waals surface area contributed by atoms with E-state index in [-0.39, 0.29) is 10.6 Å². The zero-order chi connectivity index (χ0) is 18.7. The van der Waals surface area contributed by atoms with Gasteiger partial charge in [0.2, 0.25) is 5.91 Å². The first-order valence-electron chi connectivity index (χ1n) is 7.68. The average molecular weight is 376 g/mol. The lowest BCUT2D eigenvalue weighted by Crippen LogP contribution is -2.08. The van der Waals surface area contributed by atoms with Crippen LogP contribution in [0.2, 0.25) is 5.02 Å². The number of fused-ring (bicyclic) bond motifs is 1. The number of rotatable bonds is 3. The summed E-state index contributed by atoms with van der Waals surface area (Å²) in [6, 6.07) is 16.0. The quantitative estimate of drug-likeness (QED) is 0.545. The number of carbonyl (C=O) groups excluding carboxylic acids is 1. The van der Waals surface area contributed by atoms with Crippen molar-refractivity contribution in [2.45, 2.75) is 6.18 Å². The second-order valence-corrected chi connectivity index (χ2v) is 5.99. The van der Waals surface area contributed by atoms with Gasteiger partial charge < -0.3 is 5.32 Å². The minimum atomic E-state index is -4.47. The van der Waals surface area contributed by atoms with Gasteiger partial charge in [-0.2, -0.15) is 13.2 Å². The molecule has 3 rings (SSSR count). The summed E-state index contributed by atoms with van der Waals surface area (Å²) in [5.74, 6) is -0.463. The summed E-state index contributed by atoms with van der Waals surface area (Å²) in [5.41, 5.74) is -0.0848. The van der Waals surface area contributed by atoms with Crippen LogP contribution in [-0.4, -0.2) is 5.91 Å². The minimum absolute atomic E-state index is 0.120. The molecule has 0 heterocycles. The van der Waals surface area contributed by atoms with Crippen molar-refractivity contribution in [3.05, 3.63) is 82.9 Å². The maximum Gasteiger partial charge on any atom is 0.416 e. The molecule has 0 fully saturated rings. The molecule has 0 unspecified atom stereocenters. The summed E-state index contributed by atoms with van der Waals surface area (Å²) in [6.45, 7) is 0. The molecule has 0 aromatic heterocycles. The maximum absolute atomic E-state index is 12.8. The molecule has 0 atom stereocenters. The van der Waals surface area contributed by atoms with Crippen molar-refractivity contribution >= 4 is 40.0 Å². The van der Waals surface area contributed by atoms with Gasteiger partial charge >= 0.3 is 6.18 Å². The fourth-order valence-corrected chi connectivity index (χ4v) is 2.70. The topological polar surface area (TPSA) is 29.1 Å². The maximum atomic E-state index is 12.8. The van der Waals surface area contributed by atoms with E-state index in [0.29, 0.717) is 5.69 Å². The molecule has 3 aromatic carbocycles. The number of amides is 1. The van der Waals surface area contributed by atoms with Crippen LogP contribution in [-0.2, 0) is 11.0 Å². The molecule has 0 saturated heterocycles.